The van der Waals surface area contributed by atoms with Crippen LogP contribution in [0.2, 0.25) is 0 Å². The summed E-state index contributed by atoms with van der Waals surface area (Å²) >= 11 is 0. The van der Waals surface area contributed by atoms with Crippen LogP contribution < -0.4 is 0 Å². The van der Waals surface area contributed by atoms with Gasteiger partial charge in [0.25, 0.3) is 0 Å². The minimum atomic E-state index is -0.0657. The smallest absolute Gasteiger partial charge is 0.121 e. The van der Waals surface area contributed by atoms with Gasteiger partial charge in [0, 0.05) is 6.42 Å². The van der Waals surface area contributed by atoms with Crippen molar-refractivity contribution in [3.63, 3.8) is 0 Å². The molecule has 12 heavy (non-hydrogen) atoms. The Labute approximate surface area is 74.6 Å². The fourth-order valence-corrected chi connectivity index (χ4v) is 1.41. The highest BCUT2D eigenvalue weighted by Crippen LogP contribution is 2.17. The lowest BCUT2D eigenvalue weighted by Gasteiger charge is -2.11. The van der Waals surface area contributed by atoms with Crippen molar-refractivity contribution in [2.24, 2.45) is 11.8 Å². The summed E-state index contributed by atoms with van der Waals surface area (Å²) in [7, 11) is 0. The zero-order valence-electron chi connectivity index (χ0n) is 7.92. The topological polar surface area (TPSA) is 40.9 Å². The third kappa shape index (κ3) is 4.90. The van der Waals surface area contributed by atoms with Crippen molar-refractivity contribution in [1.29, 1.82) is 5.26 Å². The lowest BCUT2D eigenvalue weighted by molar-refractivity contribution is -0.108. The van der Waals surface area contributed by atoms with Crippen LogP contribution in [0.3, 0.4) is 0 Å². The van der Waals surface area contributed by atoms with Gasteiger partial charge in [-0.05, 0) is 12.3 Å². The Hall–Kier alpha value is -0.840. The third-order valence-corrected chi connectivity index (χ3v) is 2.03. The zero-order valence-corrected chi connectivity index (χ0v) is 7.92. The molecule has 0 spiro atoms. The lowest BCUT2D eigenvalue weighted by atomic mass is 9.92. The maximum Gasteiger partial charge on any atom is 0.121 e. The molecule has 68 valence electrons. The van der Waals surface area contributed by atoms with Crippen molar-refractivity contribution < 1.29 is 4.79 Å². The van der Waals surface area contributed by atoms with Crippen LogP contribution in [0.1, 0.15) is 39.5 Å². The lowest BCUT2D eigenvalue weighted by Crippen LogP contribution is -2.05. The number of nitrogens with zero attached hydrogens (tertiary/aromatic N) is 1. The highest BCUT2D eigenvalue weighted by molar-refractivity contribution is 5.50. The second kappa shape index (κ2) is 6.84. The number of aldehydes is 1. The molecule has 0 N–H and O–H groups in total. The summed E-state index contributed by atoms with van der Waals surface area (Å²) in [6.45, 7) is 4.27. The molecule has 2 heteroatoms. The van der Waals surface area contributed by atoms with Crippen molar-refractivity contribution in [1.82, 2.24) is 0 Å². The van der Waals surface area contributed by atoms with Crippen LogP contribution in [0, 0.1) is 23.2 Å². The standard InChI is InChI=1S/C10H17NO/c1-3-4-9(2)7-10(8-11)5-6-12/h6,9-10H,3-5,7H2,1-2H3/t9-,10?/m1/s1. The summed E-state index contributed by atoms with van der Waals surface area (Å²) < 4.78 is 0. The minimum absolute atomic E-state index is 0.0657. The molecule has 0 saturated heterocycles. The van der Waals surface area contributed by atoms with Crippen LogP contribution in [0.15, 0.2) is 0 Å². The van der Waals surface area contributed by atoms with Crippen LogP contribution in [-0.2, 0) is 4.79 Å². The van der Waals surface area contributed by atoms with E-state index < -0.39 is 0 Å². The van der Waals surface area contributed by atoms with Gasteiger partial charge in [0.15, 0.2) is 0 Å². The van der Waals surface area contributed by atoms with Gasteiger partial charge in [0.1, 0.15) is 6.29 Å². The van der Waals surface area contributed by atoms with E-state index in [1.165, 1.54) is 0 Å². The highest BCUT2D eigenvalue weighted by Gasteiger charge is 2.10. The molecule has 0 aliphatic carbocycles. The quantitative estimate of drug-likeness (QED) is 0.570. The minimum Gasteiger partial charge on any atom is -0.303 e. The molecule has 0 aromatic rings. The Bertz CT molecular complexity index is 160. The molecule has 2 nitrogen and oxygen atoms in total. The van der Waals surface area contributed by atoms with E-state index >= 15 is 0 Å². The van der Waals surface area contributed by atoms with Gasteiger partial charge < -0.3 is 4.79 Å². The Balaban J connectivity index is 3.70. The zero-order chi connectivity index (χ0) is 9.40. The van der Waals surface area contributed by atoms with Gasteiger partial charge in [0.05, 0.1) is 12.0 Å². The van der Waals surface area contributed by atoms with E-state index in [0.29, 0.717) is 12.3 Å². The Morgan fingerprint density at radius 2 is 2.25 bits per heavy atom. The number of rotatable bonds is 6. The summed E-state index contributed by atoms with van der Waals surface area (Å²) in [4.78, 5) is 10.2. The SMILES string of the molecule is CCC[C@@H](C)CC(C#N)CC=O. The maximum absolute atomic E-state index is 10.2. The summed E-state index contributed by atoms with van der Waals surface area (Å²) in [5.74, 6) is 0.503. The van der Waals surface area contributed by atoms with Crippen molar-refractivity contribution in [3.8, 4) is 6.07 Å². The van der Waals surface area contributed by atoms with Crippen molar-refractivity contribution in [3.05, 3.63) is 0 Å². The molecule has 0 aromatic heterocycles. The van der Waals surface area contributed by atoms with Gasteiger partial charge in [-0.2, -0.15) is 5.26 Å². The molecule has 0 bridgehead atoms. The molecule has 1 unspecified atom stereocenters. The van der Waals surface area contributed by atoms with Gasteiger partial charge in [-0.25, -0.2) is 0 Å². The van der Waals surface area contributed by atoms with E-state index in [1.54, 1.807) is 0 Å². The summed E-state index contributed by atoms with van der Waals surface area (Å²) in [6.07, 6.45) is 4.40. The monoisotopic (exact) mass is 167 g/mol. The first-order chi connectivity index (χ1) is 5.74. The molecular formula is C10H17NO. The Morgan fingerprint density at radius 3 is 2.67 bits per heavy atom. The summed E-state index contributed by atoms with van der Waals surface area (Å²) in [5.41, 5.74) is 0. The maximum atomic E-state index is 10.2. The molecule has 0 aliphatic rings. The van der Waals surface area contributed by atoms with Crippen molar-refractivity contribution >= 4 is 6.29 Å². The Kier molecular flexibility index (Phi) is 6.37. The fourth-order valence-electron chi connectivity index (χ4n) is 1.41. The molecule has 0 aliphatic heterocycles. The molecule has 0 rings (SSSR count). The van der Waals surface area contributed by atoms with E-state index in [1.807, 2.05) is 0 Å². The van der Waals surface area contributed by atoms with E-state index in [0.717, 1.165) is 25.5 Å². The second-order valence-electron chi connectivity index (χ2n) is 3.36. The van der Waals surface area contributed by atoms with E-state index in [9.17, 15) is 4.79 Å². The second-order valence-corrected chi connectivity index (χ2v) is 3.36. The molecule has 0 amide bonds. The average Bonchev–Trinajstić information content (AvgIpc) is 2.04. The summed E-state index contributed by atoms with van der Waals surface area (Å²) in [6, 6.07) is 2.16. The van der Waals surface area contributed by atoms with Crippen molar-refractivity contribution in [2.75, 3.05) is 0 Å². The first-order valence-corrected chi connectivity index (χ1v) is 4.57. The highest BCUT2D eigenvalue weighted by atomic mass is 16.1. The number of nitriles is 1. The number of carbonyl (C=O) groups is 1. The Morgan fingerprint density at radius 1 is 1.58 bits per heavy atom. The molecule has 0 heterocycles. The van der Waals surface area contributed by atoms with E-state index in [2.05, 4.69) is 19.9 Å². The molecule has 0 fully saturated rings. The molecule has 0 aromatic carbocycles. The predicted octanol–water partition coefficient (Wildman–Crippen LogP) is 2.54. The first-order valence-electron chi connectivity index (χ1n) is 4.57. The van der Waals surface area contributed by atoms with Crippen molar-refractivity contribution in [2.45, 2.75) is 39.5 Å². The molecule has 0 radical (unpaired) electrons. The normalized spacial score (nSPS) is 14.8. The third-order valence-electron chi connectivity index (χ3n) is 2.03. The average molecular weight is 167 g/mol. The molecule has 0 saturated carbocycles. The predicted molar refractivity (Wildman–Crippen MR) is 48.5 cm³/mol. The number of carbonyl (C=O) groups excluding carboxylic acids is 1. The van der Waals surface area contributed by atoms with Crippen LogP contribution in [0.5, 0.6) is 0 Å². The van der Waals surface area contributed by atoms with Gasteiger partial charge in [-0.1, -0.05) is 26.7 Å². The number of hydrogen-bond acceptors (Lipinski definition) is 2. The fraction of sp³-hybridized carbons (Fsp3) is 0.800. The van der Waals surface area contributed by atoms with Gasteiger partial charge in [0.2, 0.25) is 0 Å². The first kappa shape index (κ1) is 11.2. The largest absolute Gasteiger partial charge is 0.303 e. The summed E-state index contributed by atoms with van der Waals surface area (Å²) in [5, 5.41) is 8.67. The van der Waals surface area contributed by atoms with Crippen LogP contribution in [0.25, 0.3) is 0 Å². The van der Waals surface area contributed by atoms with Gasteiger partial charge in [-0.15, -0.1) is 0 Å². The molecule has 2 atom stereocenters. The van der Waals surface area contributed by atoms with Crippen LogP contribution in [0.4, 0.5) is 0 Å². The van der Waals surface area contributed by atoms with Crippen LogP contribution >= 0.6 is 0 Å². The number of hydrogen-bond donors (Lipinski definition) is 0. The van der Waals surface area contributed by atoms with Gasteiger partial charge in [-0.3, -0.25) is 0 Å². The van der Waals surface area contributed by atoms with Gasteiger partial charge >= 0.3 is 0 Å². The van der Waals surface area contributed by atoms with E-state index in [-0.39, 0.29) is 5.92 Å². The van der Waals surface area contributed by atoms with E-state index in [4.69, 9.17) is 5.26 Å². The molecular weight excluding hydrogens is 150 g/mol. The van der Waals surface area contributed by atoms with Crippen LogP contribution in [-0.4, -0.2) is 6.29 Å².